The number of esters is 1. The lowest BCUT2D eigenvalue weighted by Crippen LogP contribution is -2.49. The van der Waals surface area contributed by atoms with Crippen LogP contribution in [0.2, 0.25) is 0 Å². The zero-order chi connectivity index (χ0) is 15.6. The largest absolute Gasteiger partial charge is 0.465 e. The van der Waals surface area contributed by atoms with Crippen molar-refractivity contribution in [2.24, 2.45) is 0 Å². The molecular formula is C15H22BO4. The number of aryl methyl sites for hydroxylation is 1. The molecule has 0 aromatic heterocycles. The summed E-state index contributed by atoms with van der Waals surface area (Å²) in [6.45, 7) is 8.93. The van der Waals surface area contributed by atoms with Gasteiger partial charge in [-0.3, -0.25) is 0 Å². The van der Waals surface area contributed by atoms with Crippen LogP contribution in [-0.2, 0) is 9.39 Å². The van der Waals surface area contributed by atoms with Gasteiger partial charge in [-0.1, -0.05) is 17.7 Å². The SMILES string of the molecule is COC(=O)c1ccc(C)c([B]OC(C)(C)C(C)(C)O)c1. The van der Waals surface area contributed by atoms with Crippen LogP contribution < -0.4 is 5.46 Å². The molecule has 0 fully saturated rings. The molecule has 0 aliphatic carbocycles. The van der Waals surface area contributed by atoms with Crippen LogP contribution in [0.5, 0.6) is 0 Å². The first-order valence-electron chi connectivity index (χ1n) is 6.51. The number of carbonyl (C=O) groups excluding carboxylic acids is 1. The van der Waals surface area contributed by atoms with Crippen LogP contribution in [0.15, 0.2) is 18.2 Å². The van der Waals surface area contributed by atoms with Gasteiger partial charge in [0.15, 0.2) is 0 Å². The maximum Gasteiger partial charge on any atom is 0.337 e. The van der Waals surface area contributed by atoms with Crippen LogP contribution in [0.1, 0.15) is 43.6 Å². The maximum atomic E-state index is 11.5. The lowest BCUT2D eigenvalue weighted by atomic mass is 9.80. The summed E-state index contributed by atoms with van der Waals surface area (Å²) in [4.78, 5) is 11.5. The van der Waals surface area contributed by atoms with E-state index in [9.17, 15) is 9.90 Å². The van der Waals surface area contributed by atoms with Crippen LogP contribution in [-0.4, -0.2) is 36.9 Å². The molecule has 1 N–H and O–H groups in total. The van der Waals surface area contributed by atoms with Gasteiger partial charge in [0.05, 0.1) is 23.9 Å². The van der Waals surface area contributed by atoms with Gasteiger partial charge < -0.3 is 14.5 Å². The van der Waals surface area contributed by atoms with E-state index in [1.165, 1.54) is 7.11 Å². The van der Waals surface area contributed by atoms with Crippen molar-refractivity contribution in [3.05, 3.63) is 29.3 Å². The number of carbonyl (C=O) groups is 1. The van der Waals surface area contributed by atoms with Crippen LogP contribution in [0, 0.1) is 6.92 Å². The Bertz CT molecular complexity index is 489. The molecule has 0 aliphatic heterocycles. The minimum atomic E-state index is -0.989. The average molecular weight is 277 g/mol. The molecule has 0 aliphatic rings. The van der Waals surface area contributed by atoms with Gasteiger partial charge in [-0.15, -0.1) is 0 Å². The second-order valence-corrected chi connectivity index (χ2v) is 5.87. The predicted octanol–water partition coefficient (Wildman–Crippen LogP) is 1.59. The van der Waals surface area contributed by atoms with Gasteiger partial charge in [-0.05, 0) is 46.1 Å². The van der Waals surface area contributed by atoms with E-state index in [-0.39, 0.29) is 5.97 Å². The van der Waals surface area contributed by atoms with E-state index in [0.29, 0.717) is 5.56 Å². The number of hydrogen-bond donors (Lipinski definition) is 1. The molecule has 5 heteroatoms. The number of benzene rings is 1. The highest BCUT2D eigenvalue weighted by molar-refractivity contribution is 6.48. The monoisotopic (exact) mass is 277 g/mol. The third kappa shape index (κ3) is 3.84. The number of rotatable bonds is 5. The smallest absolute Gasteiger partial charge is 0.337 e. The molecule has 0 unspecified atom stereocenters. The maximum absolute atomic E-state index is 11.5. The first-order valence-corrected chi connectivity index (χ1v) is 6.51. The van der Waals surface area contributed by atoms with Crippen molar-refractivity contribution in [3.8, 4) is 0 Å². The van der Waals surface area contributed by atoms with Crippen LogP contribution in [0.4, 0.5) is 0 Å². The summed E-state index contributed by atoms with van der Waals surface area (Å²) in [5, 5.41) is 10.1. The van der Waals surface area contributed by atoms with E-state index in [2.05, 4.69) is 0 Å². The second kappa shape index (κ2) is 5.98. The van der Waals surface area contributed by atoms with E-state index in [1.807, 2.05) is 26.8 Å². The molecule has 1 rings (SSSR count). The summed E-state index contributed by atoms with van der Waals surface area (Å²) in [5.74, 6) is -0.388. The van der Waals surface area contributed by atoms with Crippen molar-refractivity contribution < 1.29 is 19.3 Å². The van der Waals surface area contributed by atoms with Crippen LogP contribution >= 0.6 is 0 Å². The number of methoxy groups -OCH3 is 1. The Balaban J connectivity index is 2.90. The Morgan fingerprint density at radius 2 is 1.85 bits per heavy atom. The minimum Gasteiger partial charge on any atom is -0.465 e. The zero-order valence-electron chi connectivity index (χ0n) is 13.0. The summed E-state index contributed by atoms with van der Waals surface area (Å²) in [5.41, 5.74) is 0.487. The fourth-order valence-electron chi connectivity index (χ4n) is 1.37. The van der Waals surface area contributed by atoms with E-state index in [4.69, 9.17) is 9.39 Å². The third-order valence-corrected chi connectivity index (χ3v) is 3.65. The second-order valence-electron chi connectivity index (χ2n) is 5.87. The predicted molar refractivity (Wildman–Crippen MR) is 79.4 cm³/mol. The van der Waals surface area contributed by atoms with Crippen molar-refractivity contribution >= 4 is 18.9 Å². The molecule has 4 nitrogen and oxygen atoms in total. The van der Waals surface area contributed by atoms with Gasteiger partial charge >= 0.3 is 13.5 Å². The Labute approximate surface area is 121 Å². The number of ether oxygens (including phenoxy) is 1. The lowest BCUT2D eigenvalue weighted by Gasteiger charge is -2.37. The van der Waals surface area contributed by atoms with Gasteiger partial charge in [0.1, 0.15) is 0 Å². The summed E-state index contributed by atoms with van der Waals surface area (Å²) in [7, 11) is 2.92. The molecule has 109 valence electrons. The first kappa shape index (κ1) is 16.7. The lowest BCUT2D eigenvalue weighted by molar-refractivity contribution is -0.0893. The fourth-order valence-corrected chi connectivity index (χ4v) is 1.37. The normalized spacial score (nSPS) is 12.2. The molecule has 0 amide bonds. The molecule has 0 spiro atoms. The van der Waals surface area contributed by atoms with E-state index in [1.54, 1.807) is 33.5 Å². The van der Waals surface area contributed by atoms with E-state index >= 15 is 0 Å². The van der Waals surface area contributed by atoms with Crippen molar-refractivity contribution in [3.63, 3.8) is 0 Å². The summed E-state index contributed by atoms with van der Waals surface area (Å²) in [6.07, 6.45) is 0. The molecular weight excluding hydrogens is 255 g/mol. The van der Waals surface area contributed by atoms with Gasteiger partial charge in [0.2, 0.25) is 0 Å². The van der Waals surface area contributed by atoms with Crippen molar-refractivity contribution in [1.82, 2.24) is 0 Å². The minimum absolute atomic E-state index is 0.388. The molecule has 1 aromatic carbocycles. The zero-order valence-corrected chi connectivity index (χ0v) is 13.0. The van der Waals surface area contributed by atoms with Crippen LogP contribution in [0.3, 0.4) is 0 Å². The molecule has 1 aromatic rings. The summed E-state index contributed by atoms with van der Waals surface area (Å²) >= 11 is 0. The van der Waals surface area contributed by atoms with E-state index in [0.717, 1.165) is 11.0 Å². The summed E-state index contributed by atoms with van der Waals surface area (Å²) in [6, 6.07) is 5.25. The highest BCUT2D eigenvalue weighted by Gasteiger charge is 2.35. The quantitative estimate of drug-likeness (QED) is 0.656. The molecule has 0 atom stereocenters. The molecule has 0 saturated heterocycles. The van der Waals surface area contributed by atoms with Crippen molar-refractivity contribution in [2.45, 2.75) is 45.8 Å². The Kier molecular flexibility index (Phi) is 5.00. The third-order valence-electron chi connectivity index (χ3n) is 3.65. The standard InChI is InChI=1S/C15H22BO4/c1-10-7-8-11(13(17)19-6)9-12(10)16-20-15(4,5)14(2,3)18/h7-9,18H,1-6H3. The molecule has 0 saturated carbocycles. The topological polar surface area (TPSA) is 55.8 Å². The average Bonchev–Trinajstić information content (AvgIpc) is 2.35. The van der Waals surface area contributed by atoms with Crippen LogP contribution in [0.25, 0.3) is 0 Å². The highest BCUT2D eigenvalue weighted by atomic mass is 16.5. The fraction of sp³-hybridized carbons (Fsp3) is 0.533. The molecule has 1 radical (unpaired) electrons. The highest BCUT2D eigenvalue weighted by Crippen LogP contribution is 2.24. The Morgan fingerprint density at radius 1 is 1.25 bits per heavy atom. The molecule has 0 heterocycles. The summed E-state index contributed by atoms with van der Waals surface area (Å²) < 4.78 is 10.4. The van der Waals surface area contributed by atoms with Gasteiger partial charge in [0, 0.05) is 0 Å². The number of aliphatic hydroxyl groups is 1. The van der Waals surface area contributed by atoms with E-state index < -0.39 is 11.2 Å². The van der Waals surface area contributed by atoms with Gasteiger partial charge in [0.25, 0.3) is 0 Å². The van der Waals surface area contributed by atoms with Gasteiger partial charge in [-0.2, -0.15) is 0 Å². The van der Waals surface area contributed by atoms with Crippen molar-refractivity contribution in [2.75, 3.05) is 7.11 Å². The number of hydrogen-bond acceptors (Lipinski definition) is 4. The Morgan fingerprint density at radius 3 is 2.35 bits per heavy atom. The first-order chi connectivity index (χ1) is 9.08. The molecule has 20 heavy (non-hydrogen) atoms. The van der Waals surface area contributed by atoms with Crippen molar-refractivity contribution in [1.29, 1.82) is 0 Å². The molecule has 0 bridgehead atoms. The Hall–Kier alpha value is -1.33. The van der Waals surface area contributed by atoms with Gasteiger partial charge in [-0.25, -0.2) is 4.79 Å².